The molecule has 3 aromatic rings. The zero-order valence-corrected chi connectivity index (χ0v) is 15.7. The fourth-order valence-electron chi connectivity index (χ4n) is 2.37. The minimum atomic E-state index is -3.74. The first-order valence-corrected chi connectivity index (χ1v) is 9.52. The van der Waals surface area contributed by atoms with Gasteiger partial charge in [0.05, 0.1) is 4.90 Å². The fraction of sp³-hybridized carbons (Fsp3) is 0.118. The number of benzene rings is 1. The molecule has 0 saturated heterocycles. The molecule has 8 heteroatoms. The molecule has 0 saturated carbocycles. The van der Waals surface area contributed by atoms with Crippen molar-refractivity contribution in [3.8, 4) is 11.1 Å². The first kappa shape index (κ1) is 19.5. The van der Waals surface area contributed by atoms with Crippen molar-refractivity contribution in [2.75, 3.05) is 7.05 Å². The Hall–Kier alpha value is -1.80. The van der Waals surface area contributed by atoms with Crippen LogP contribution in [0.3, 0.4) is 0 Å². The number of rotatable bonds is 5. The molecular formula is C17H16ClFN2O2S2. The minimum Gasteiger partial charge on any atom is -0.315 e. The first-order chi connectivity index (χ1) is 11.5. The molecule has 1 aromatic carbocycles. The smallest absolute Gasteiger partial charge is 0.220 e. The van der Waals surface area contributed by atoms with Gasteiger partial charge in [-0.1, -0.05) is 18.2 Å². The van der Waals surface area contributed by atoms with Gasteiger partial charge in [-0.25, -0.2) is 13.4 Å². The molecule has 0 amide bonds. The number of nitrogens with zero attached hydrogens (tertiary/aromatic N) is 1. The van der Waals surface area contributed by atoms with Crippen LogP contribution in [-0.2, 0) is 16.4 Å². The number of aromatic nitrogens is 1. The molecule has 0 atom stereocenters. The molecule has 25 heavy (non-hydrogen) atoms. The maximum absolute atomic E-state index is 14.1. The average Bonchev–Trinajstić information content (AvgIpc) is 3.01. The molecule has 132 valence electrons. The lowest BCUT2D eigenvalue weighted by atomic mass is 10.1. The van der Waals surface area contributed by atoms with Crippen molar-refractivity contribution >= 4 is 33.6 Å². The summed E-state index contributed by atoms with van der Waals surface area (Å²) in [5, 5.41) is 2.99. The van der Waals surface area contributed by atoms with Crippen molar-refractivity contribution < 1.29 is 12.8 Å². The van der Waals surface area contributed by atoms with Crippen LogP contribution in [0, 0.1) is 5.95 Å². The zero-order valence-electron chi connectivity index (χ0n) is 13.3. The number of sulfone groups is 1. The predicted molar refractivity (Wildman–Crippen MR) is 99.4 cm³/mol. The third kappa shape index (κ3) is 3.90. The minimum absolute atomic E-state index is 0. The van der Waals surface area contributed by atoms with Crippen molar-refractivity contribution in [2.24, 2.45) is 0 Å². The largest absolute Gasteiger partial charge is 0.315 e. The van der Waals surface area contributed by atoms with E-state index in [1.54, 1.807) is 37.4 Å². The molecule has 0 aliphatic rings. The second-order valence-corrected chi connectivity index (χ2v) is 8.38. The Balaban J connectivity index is 0.00000225. The summed E-state index contributed by atoms with van der Waals surface area (Å²) in [6, 6.07) is 13.0. The van der Waals surface area contributed by atoms with Gasteiger partial charge in [-0.05, 0) is 37.4 Å². The van der Waals surface area contributed by atoms with Gasteiger partial charge >= 0.3 is 0 Å². The van der Waals surface area contributed by atoms with E-state index in [0.29, 0.717) is 12.1 Å². The summed E-state index contributed by atoms with van der Waals surface area (Å²) in [5.41, 5.74) is 0.533. The molecule has 0 aliphatic heterocycles. The molecule has 0 aliphatic carbocycles. The van der Waals surface area contributed by atoms with Gasteiger partial charge in [0.1, 0.15) is 4.21 Å². The highest BCUT2D eigenvalue weighted by molar-refractivity contribution is 7.93. The third-order valence-electron chi connectivity index (χ3n) is 3.45. The van der Waals surface area contributed by atoms with E-state index in [-0.39, 0.29) is 27.1 Å². The Morgan fingerprint density at radius 1 is 1.12 bits per heavy atom. The zero-order chi connectivity index (χ0) is 17.2. The van der Waals surface area contributed by atoms with Crippen LogP contribution < -0.4 is 5.32 Å². The third-order valence-corrected chi connectivity index (χ3v) is 6.89. The van der Waals surface area contributed by atoms with Gasteiger partial charge in [-0.15, -0.1) is 23.7 Å². The fourth-order valence-corrected chi connectivity index (χ4v) is 5.51. The highest BCUT2D eigenvalue weighted by Crippen LogP contribution is 2.38. The van der Waals surface area contributed by atoms with Crippen LogP contribution in [0.15, 0.2) is 63.8 Å². The van der Waals surface area contributed by atoms with Crippen molar-refractivity contribution in [1.82, 2.24) is 10.3 Å². The van der Waals surface area contributed by atoms with Gasteiger partial charge in [0.15, 0.2) is 0 Å². The van der Waals surface area contributed by atoms with E-state index in [1.807, 2.05) is 0 Å². The van der Waals surface area contributed by atoms with Crippen LogP contribution >= 0.6 is 23.7 Å². The predicted octanol–water partition coefficient (Wildman–Crippen LogP) is 3.92. The SMILES string of the molecule is CNCc1cc(-c2cccnc2F)c(S(=O)(=O)c2ccccc2)s1.Cl. The van der Waals surface area contributed by atoms with Crippen molar-refractivity contribution in [3.05, 3.63) is 65.6 Å². The Bertz CT molecular complexity index is 960. The van der Waals surface area contributed by atoms with Crippen LogP contribution in [0.2, 0.25) is 0 Å². The Kier molecular flexibility index (Phi) is 6.29. The molecule has 0 fully saturated rings. The molecule has 0 spiro atoms. The molecule has 1 N–H and O–H groups in total. The molecule has 2 heterocycles. The summed E-state index contributed by atoms with van der Waals surface area (Å²) >= 11 is 1.14. The molecular weight excluding hydrogens is 383 g/mol. The number of hydrogen-bond donors (Lipinski definition) is 1. The lowest BCUT2D eigenvalue weighted by molar-refractivity contribution is 0.587. The number of halogens is 2. The van der Waals surface area contributed by atoms with E-state index >= 15 is 0 Å². The Morgan fingerprint density at radius 3 is 2.48 bits per heavy atom. The lowest BCUT2D eigenvalue weighted by Crippen LogP contribution is -2.02. The van der Waals surface area contributed by atoms with Gasteiger partial charge in [-0.2, -0.15) is 4.39 Å². The second kappa shape index (κ2) is 8.05. The van der Waals surface area contributed by atoms with Gasteiger partial charge < -0.3 is 5.32 Å². The number of hydrogen-bond acceptors (Lipinski definition) is 5. The number of pyridine rings is 1. The normalized spacial score (nSPS) is 11.1. The van der Waals surface area contributed by atoms with E-state index < -0.39 is 15.8 Å². The molecule has 4 nitrogen and oxygen atoms in total. The van der Waals surface area contributed by atoms with Crippen molar-refractivity contribution in [3.63, 3.8) is 0 Å². The van der Waals surface area contributed by atoms with E-state index in [9.17, 15) is 12.8 Å². The van der Waals surface area contributed by atoms with E-state index in [2.05, 4.69) is 10.3 Å². The van der Waals surface area contributed by atoms with Crippen LogP contribution in [0.5, 0.6) is 0 Å². The Labute approximate surface area is 156 Å². The monoisotopic (exact) mass is 398 g/mol. The molecule has 2 aromatic heterocycles. The summed E-state index contributed by atoms with van der Waals surface area (Å²) in [7, 11) is -1.96. The van der Waals surface area contributed by atoms with Crippen molar-refractivity contribution in [2.45, 2.75) is 15.6 Å². The summed E-state index contributed by atoms with van der Waals surface area (Å²) in [6.45, 7) is 0.504. The Morgan fingerprint density at radius 2 is 1.84 bits per heavy atom. The van der Waals surface area contributed by atoms with Gasteiger partial charge in [0, 0.05) is 28.7 Å². The maximum atomic E-state index is 14.1. The average molecular weight is 399 g/mol. The van der Waals surface area contributed by atoms with E-state index in [4.69, 9.17) is 0 Å². The molecule has 0 unspecified atom stereocenters. The van der Waals surface area contributed by atoms with Crippen LogP contribution in [0.4, 0.5) is 4.39 Å². The van der Waals surface area contributed by atoms with Gasteiger partial charge in [0.2, 0.25) is 15.8 Å². The van der Waals surface area contributed by atoms with Gasteiger partial charge in [0.25, 0.3) is 0 Å². The molecule has 3 rings (SSSR count). The summed E-state index contributed by atoms with van der Waals surface area (Å²) in [5.74, 6) is -0.684. The first-order valence-electron chi connectivity index (χ1n) is 7.22. The highest BCUT2D eigenvalue weighted by atomic mass is 35.5. The van der Waals surface area contributed by atoms with E-state index in [1.165, 1.54) is 24.4 Å². The molecule has 0 bridgehead atoms. The maximum Gasteiger partial charge on any atom is 0.220 e. The number of thiophene rings is 1. The van der Waals surface area contributed by atoms with E-state index in [0.717, 1.165) is 16.2 Å². The van der Waals surface area contributed by atoms with Crippen LogP contribution in [0.1, 0.15) is 4.88 Å². The van der Waals surface area contributed by atoms with Crippen LogP contribution in [0.25, 0.3) is 11.1 Å². The number of nitrogens with one attached hydrogen (secondary N) is 1. The second-order valence-electron chi connectivity index (χ2n) is 5.10. The quantitative estimate of drug-likeness (QED) is 0.662. The summed E-state index contributed by atoms with van der Waals surface area (Å²) in [6.07, 6.45) is 1.34. The molecule has 0 radical (unpaired) electrons. The summed E-state index contributed by atoms with van der Waals surface area (Å²) in [4.78, 5) is 4.63. The highest BCUT2D eigenvalue weighted by Gasteiger charge is 2.26. The standard InChI is InChI=1S/C17H15FN2O2S2.ClH/c1-19-11-12-10-15(14-8-5-9-20-16(14)18)17(23-12)24(21,22)13-6-3-2-4-7-13;/h2-10,19H,11H2,1H3;1H. The topological polar surface area (TPSA) is 59.1 Å². The van der Waals surface area contributed by atoms with Crippen molar-refractivity contribution in [1.29, 1.82) is 0 Å². The lowest BCUT2D eigenvalue weighted by Gasteiger charge is -2.06. The van der Waals surface area contributed by atoms with Crippen LogP contribution in [-0.4, -0.2) is 20.4 Å². The summed E-state index contributed by atoms with van der Waals surface area (Å²) < 4.78 is 40.3. The van der Waals surface area contributed by atoms with Gasteiger partial charge in [-0.3, -0.25) is 0 Å².